The number of likely N-dealkylation sites (N-methyl/N-ethyl adjacent to an activating group) is 1. The number of anilines is 1. The Hall–Kier alpha value is -2.40. The van der Waals surface area contributed by atoms with Gasteiger partial charge in [0, 0.05) is 37.7 Å². The van der Waals surface area contributed by atoms with Crippen molar-refractivity contribution in [1.29, 1.82) is 0 Å². The van der Waals surface area contributed by atoms with Gasteiger partial charge in [0.2, 0.25) is 0 Å². The Morgan fingerprint density at radius 3 is 2.77 bits per heavy atom. The van der Waals surface area contributed by atoms with Crippen LogP contribution in [0, 0.1) is 0 Å². The number of aliphatic hydroxyl groups excluding tert-OH is 1. The van der Waals surface area contributed by atoms with Crippen molar-refractivity contribution in [1.82, 2.24) is 9.88 Å². The molecule has 0 aliphatic rings. The van der Waals surface area contributed by atoms with Crippen LogP contribution in [0.4, 0.5) is 5.69 Å². The molecule has 1 aromatic carbocycles. The van der Waals surface area contributed by atoms with Crippen molar-refractivity contribution in [3.8, 4) is 0 Å². The van der Waals surface area contributed by atoms with E-state index in [-0.39, 0.29) is 12.5 Å². The predicted octanol–water partition coefficient (Wildman–Crippen LogP) is 2.15. The lowest BCUT2D eigenvalue weighted by atomic mass is 10.1. The van der Waals surface area contributed by atoms with E-state index in [1.54, 1.807) is 23.4 Å². The quantitative estimate of drug-likeness (QED) is 0.822. The van der Waals surface area contributed by atoms with Crippen molar-refractivity contribution in [2.75, 3.05) is 25.0 Å². The van der Waals surface area contributed by atoms with Gasteiger partial charge in [0.25, 0.3) is 5.91 Å². The zero-order valence-electron chi connectivity index (χ0n) is 12.7. The van der Waals surface area contributed by atoms with Gasteiger partial charge >= 0.3 is 0 Å². The van der Waals surface area contributed by atoms with Crippen LogP contribution >= 0.6 is 0 Å². The summed E-state index contributed by atoms with van der Waals surface area (Å²) in [5, 5.41) is 12.3. The Morgan fingerprint density at radius 1 is 1.27 bits per heavy atom. The van der Waals surface area contributed by atoms with Gasteiger partial charge in [-0.1, -0.05) is 18.2 Å². The number of pyridine rings is 1. The summed E-state index contributed by atoms with van der Waals surface area (Å²) in [6.07, 6.45) is 3.52. The molecular formula is C17H21N3O2. The van der Waals surface area contributed by atoms with Crippen LogP contribution in [-0.2, 0) is 6.54 Å². The normalized spacial score (nSPS) is 10.3. The fraction of sp³-hybridized carbons (Fsp3) is 0.294. The topological polar surface area (TPSA) is 65.5 Å². The molecule has 2 aromatic rings. The van der Waals surface area contributed by atoms with E-state index in [4.69, 9.17) is 5.11 Å². The van der Waals surface area contributed by atoms with Gasteiger partial charge in [0.1, 0.15) is 0 Å². The highest BCUT2D eigenvalue weighted by Gasteiger charge is 2.16. The fourth-order valence-corrected chi connectivity index (χ4v) is 2.22. The van der Waals surface area contributed by atoms with Gasteiger partial charge < -0.3 is 15.3 Å². The van der Waals surface area contributed by atoms with Gasteiger partial charge in [0.15, 0.2) is 0 Å². The molecule has 5 heteroatoms. The number of carbonyl (C=O) groups excluding carboxylic acids is 1. The summed E-state index contributed by atoms with van der Waals surface area (Å²) >= 11 is 0. The third-order valence-corrected chi connectivity index (χ3v) is 3.40. The zero-order valence-corrected chi connectivity index (χ0v) is 12.7. The second-order valence-electron chi connectivity index (χ2n) is 4.87. The van der Waals surface area contributed by atoms with E-state index in [9.17, 15) is 4.79 Å². The molecule has 0 saturated heterocycles. The summed E-state index contributed by atoms with van der Waals surface area (Å²) in [6.45, 7) is 3.37. The predicted molar refractivity (Wildman–Crippen MR) is 86.7 cm³/mol. The highest BCUT2D eigenvalue weighted by atomic mass is 16.3. The van der Waals surface area contributed by atoms with Gasteiger partial charge in [0.05, 0.1) is 12.2 Å². The third-order valence-electron chi connectivity index (χ3n) is 3.40. The molecule has 5 nitrogen and oxygen atoms in total. The molecule has 0 spiro atoms. The number of hydrogen-bond donors (Lipinski definition) is 2. The number of carbonyl (C=O) groups is 1. The summed E-state index contributed by atoms with van der Waals surface area (Å²) in [5.74, 6) is -0.0779. The maximum Gasteiger partial charge on any atom is 0.256 e. The largest absolute Gasteiger partial charge is 0.395 e. The number of rotatable bonds is 7. The van der Waals surface area contributed by atoms with Crippen molar-refractivity contribution >= 4 is 11.6 Å². The van der Waals surface area contributed by atoms with Gasteiger partial charge in [-0.15, -0.1) is 0 Å². The first-order chi connectivity index (χ1) is 10.8. The van der Waals surface area contributed by atoms with E-state index in [1.807, 2.05) is 37.3 Å². The molecule has 0 atom stereocenters. The fourth-order valence-electron chi connectivity index (χ4n) is 2.22. The molecule has 0 saturated carbocycles. The summed E-state index contributed by atoms with van der Waals surface area (Å²) in [6, 6.07) is 11.3. The van der Waals surface area contributed by atoms with Crippen LogP contribution in [0.3, 0.4) is 0 Å². The van der Waals surface area contributed by atoms with Crippen LogP contribution in [0.15, 0.2) is 48.8 Å². The van der Waals surface area contributed by atoms with Crippen LogP contribution in [0.1, 0.15) is 22.8 Å². The number of benzene rings is 1. The van der Waals surface area contributed by atoms with Crippen molar-refractivity contribution in [3.05, 3.63) is 59.9 Å². The van der Waals surface area contributed by atoms with E-state index in [0.717, 1.165) is 11.3 Å². The first-order valence-electron chi connectivity index (χ1n) is 7.38. The standard InChI is InChI=1S/C17H21N3O2/c1-2-20(10-11-21)17(22)15-7-3-4-8-16(15)19-13-14-6-5-9-18-12-14/h3-9,12,19,21H,2,10-11,13H2,1H3. The second-order valence-corrected chi connectivity index (χ2v) is 4.87. The lowest BCUT2D eigenvalue weighted by Gasteiger charge is -2.21. The van der Waals surface area contributed by atoms with Crippen molar-refractivity contribution in [2.24, 2.45) is 0 Å². The summed E-state index contributed by atoms with van der Waals surface area (Å²) < 4.78 is 0. The molecule has 0 aliphatic heterocycles. The molecule has 2 N–H and O–H groups in total. The summed E-state index contributed by atoms with van der Waals surface area (Å²) in [7, 11) is 0. The Morgan fingerprint density at radius 2 is 2.09 bits per heavy atom. The first-order valence-corrected chi connectivity index (χ1v) is 7.38. The highest BCUT2D eigenvalue weighted by Crippen LogP contribution is 2.18. The molecule has 0 bridgehead atoms. The summed E-state index contributed by atoms with van der Waals surface area (Å²) in [5.41, 5.74) is 2.45. The van der Waals surface area contributed by atoms with E-state index in [1.165, 1.54) is 0 Å². The number of aromatic nitrogens is 1. The van der Waals surface area contributed by atoms with Crippen molar-refractivity contribution < 1.29 is 9.90 Å². The Kier molecular flexibility index (Phi) is 5.91. The minimum absolute atomic E-state index is 0.0368. The zero-order chi connectivity index (χ0) is 15.8. The Bertz CT molecular complexity index is 602. The molecule has 0 unspecified atom stereocenters. The van der Waals surface area contributed by atoms with Crippen LogP contribution in [-0.4, -0.2) is 40.6 Å². The molecule has 1 aromatic heterocycles. The van der Waals surface area contributed by atoms with E-state index in [2.05, 4.69) is 10.3 Å². The smallest absolute Gasteiger partial charge is 0.256 e. The van der Waals surface area contributed by atoms with Gasteiger partial charge in [-0.3, -0.25) is 9.78 Å². The number of nitrogens with one attached hydrogen (secondary N) is 1. The lowest BCUT2D eigenvalue weighted by molar-refractivity contribution is 0.0733. The molecule has 22 heavy (non-hydrogen) atoms. The average molecular weight is 299 g/mol. The van der Waals surface area contributed by atoms with Crippen molar-refractivity contribution in [3.63, 3.8) is 0 Å². The summed E-state index contributed by atoms with van der Waals surface area (Å²) in [4.78, 5) is 18.3. The second kappa shape index (κ2) is 8.14. The monoisotopic (exact) mass is 299 g/mol. The Balaban J connectivity index is 2.14. The van der Waals surface area contributed by atoms with Crippen molar-refractivity contribution in [2.45, 2.75) is 13.5 Å². The SMILES string of the molecule is CCN(CCO)C(=O)c1ccccc1NCc1cccnc1. The van der Waals surface area contributed by atoms with E-state index >= 15 is 0 Å². The van der Waals surface area contributed by atoms with Crippen LogP contribution in [0.2, 0.25) is 0 Å². The lowest BCUT2D eigenvalue weighted by Crippen LogP contribution is -2.33. The number of aliphatic hydroxyl groups is 1. The Labute approximate surface area is 130 Å². The molecule has 0 radical (unpaired) electrons. The minimum atomic E-state index is -0.0779. The average Bonchev–Trinajstić information content (AvgIpc) is 2.58. The first kappa shape index (κ1) is 16.0. The molecule has 2 rings (SSSR count). The number of nitrogens with zero attached hydrogens (tertiary/aromatic N) is 2. The van der Waals surface area contributed by atoms with Gasteiger partial charge in [-0.05, 0) is 30.7 Å². The number of hydrogen-bond acceptors (Lipinski definition) is 4. The molecular weight excluding hydrogens is 278 g/mol. The van der Waals surface area contributed by atoms with E-state index in [0.29, 0.717) is 25.2 Å². The van der Waals surface area contributed by atoms with Crippen LogP contribution in [0.25, 0.3) is 0 Å². The van der Waals surface area contributed by atoms with Gasteiger partial charge in [-0.2, -0.15) is 0 Å². The van der Waals surface area contributed by atoms with E-state index < -0.39 is 0 Å². The third kappa shape index (κ3) is 4.05. The van der Waals surface area contributed by atoms with Gasteiger partial charge in [-0.25, -0.2) is 0 Å². The van der Waals surface area contributed by atoms with Crippen LogP contribution in [0.5, 0.6) is 0 Å². The maximum atomic E-state index is 12.6. The van der Waals surface area contributed by atoms with Crippen LogP contribution < -0.4 is 5.32 Å². The number of para-hydroxylation sites is 1. The maximum absolute atomic E-state index is 12.6. The molecule has 1 heterocycles. The molecule has 1 amide bonds. The molecule has 0 fully saturated rings. The molecule has 0 aliphatic carbocycles. The minimum Gasteiger partial charge on any atom is -0.395 e. The number of amides is 1. The highest BCUT2D eigenvalue weighted by molar-refractivity contribution is 5.99. The molecule has 116 valence electrons.